The average Bonchev–Trinajstić information content (AvgIpc) is 3.28. The number of carbonyl (C=O) groups excluding carboxylic acids is 3. The van der Waals surface area contributed by atoms with Crippen LogP contribution in [0.25, 0.3) is 11.0 Å². The summed E-state index contributed by atoms with van der Waals surface area (Å²) in [5.41, 5.74) is 0.407. The van der Waals surface area contributed by atoms with Crippen LogP contribution in [0.15, 0.2) is 51.8 Å². The quantitative estimate of drug-likeness (QED) is 0.349. The Bertz CT molecular complexity index is 1530. The van der Waals surface area contributed by atoms with Crippen LogP contribution in [0.3, 0.4) is 0 Å². The molecule has 1 aliphatic heterocycles. The number of methoxy groups -OCH3 is 2. The maximum Gasteiger partial charge on any atom is 0.287 e. The van der Waals surface area contributed by atoms with Crippen LogP contribution in [0.1, 0.15) is 43.7 Å². The topological polar surface area (TPSA) is 144 Å². The first-order valence-electron chi connectivity index (χ1n) is 13.5. The summed E-state index contributed by atoms with van der Waals surface area (Å²) in [6.45, 7) is 3.55. The fourth-order valence-electron chi connectivity index (χ4n) is 4.79. The van der Waals surface area contributed by atoms with Gasteiger partial charge in [-0.15, -0.1) is 0 Å². The second kappa shape index (κ2) is 13.1. The number of hydrogen-bond acceptors (Lipinski definition) is 8. The van der Waals surface area contributed by atoms with Crippen LogP contribution < -0.4 is 20.1 Å². The summed E-state index contributed by atoms with van der Waals surface area (Å²) in [6.07, 6.45) is 0.918. The van der Waals surface area contributed by atoms with Gasteiger partial charge in [0.2, 0.25) is 15.9 Å². The van der Waals surface area contributed by atoms with Crippen molar-refractivity contribution in [2.75, 3.05) is 27.3 Å². The van der Waals surface area contributed by atoms with E-state index in [0.29, 0.717) is 40.3 Å². The summed E-state index contributed by atoms with van der Waals surface area (Å²) in [4.78, 5) is 39.7. The smallest absolute Gasteiger partial charge is 0.287 e. The van der Waals surface area contributed by atoms with E-state index in [9.17, 15) is 22.8 Å². The van der Waals surface area contributed by atoms with Gasteiger partial charge in [0, 0.05) is 23.0 Å². The molecular weight excluding hydrogens is 586 g/mol. The van der Waals surface area contributed by atoms with E-state index in [0.717, 1.165) is 4.31 Å². The van der Waals surface area contributed by atoms with Crippen molar-refractivity contribution < 1.29 is 36.7 Å². The molecule has 226 valence electrons. The van der Waals surface area contributed by atoms with Gasteiger partial charge in [-0.25, -0.2) is 8.42 Å². The molecule has 2 heterocycles. The molecule has 0 spiro atoms. The first-order chi connectivity index (χ1) is 19.9. The molecule has 0 saturated carbocycles. The highest BCUT2D eigenvalue weighted by Gasteiger charge is 2.34. The van der Waals surface area contributed by atoms with E-state index in [4.69, 9.17) is 25.5 Å². The van der Waals surface area contributed by atoms with Gasteiger partial charge in [-0.1, -0.05) is 25.4 Å². The first-order valence-corrected chi connectivity index (χ1v) is 15.3. The van der Waals surface area contributed by atoms with Gasteiger partial charge in [0.1, 0.15) is 11.6 Å². The van der Waals surface area contributed by atoms with Crippen molar-refractivity contribution in [1.29, 1.82) is 0 Å². The highest BCUT2D eigenvalue weighted by atomic mass is 35.5. The Morgan fingerprint density at radius 2 is 1.76 bits per heavy atom. The number of nitrogens with one attached hydrogen (secondary N) is 2. The van der Waals surface area contributed by atoms with Crippen LogP contribution in [0, 0.1) is 5.92 Å². The standard InChI is InChI=1S/C29H34ClN3O8S/c1-17(2)12-22(32-29(36)27-14-18-13-25(39-3)26(40-4)15-24(18)41-27)28(35)31-21-6-5-11-33(16-23(21)34)42(37,38)20-9-7-19(30)8-10-20/h7-10,13-15,17,21-22H,5-6,11-12,16H2,1-4H3,(H,31,35)(H,32,36)/t21-,22?/m0/s1. The SMILES string of the molecule is COc1cc2cc(C(=O)NC(CC(C)C)C(=O)N[C@H]3CCCN(S(=O)(=O)c4ccc(Cl)cc4)CC3=O)oc2cc1OC. The number of nitrogens with zero attached hydrogens (tertiary/aromatic N) is 1. The number of halogens is 1. The van der Waals surface area contributed by atoms with Crippen LogP contribution in [0.4, 0.5) is 0 Å². The van der Waals surface area contributed by atoms with Gasteiger partial charge < -0.3 is 24.5 Å². The fraction of sp³-hybridized carbons (Fsp3) is 0.414. The fourth-order valence-corrected chi connectivity index (χ4v) is 6.36. The maximum absolute atomic E-state index is 13.4. The number of ketones is 1. The number of rotatable bonds is 10. The van der Waals surface area contributed by atoms with Gasteiger partial charge in [0.25, 0.3) is 5.91 Å². The lowest BCUT2D eigenvalue weighted by molar-refractivity contribution is -0.129. The molecule has 1 aliphatic rings. The van der Waals surface area contributed by atoms with E-state index in [-0.39, 0.29) is 36.1 Å². The summed E-state index contributed by atoms with van der Waals surface area (Å²) in [5, 5.41) is 6.48. The lowest BCUT2D eigenvalue weighted by Crippen LogP contribution is -2.52. The number of ether oxygens (including phenoxy) is 2. The summed E-state index contributed by atoms with van der Waals surface area (Å²) in [6, 6.07) is 8.69. The van der Waals surface area contributed by atoms with E-state index in [1.54, 1.807) is 18.2 Å². The van der Waals surface area contributed by atoms with Crippen LogP contribution in [-0.2, 0) is 19.6 Å². The van der Waals surface area contributed by atoms with Crippen molar-refractivity contribution in [3.8, 4) is 11.5 Å². The molecule has 2 N–H and O–H groups in total. The van der Waals surface area contributed by atoms with Gasteiger partial charge >= 0.3 is 0 Å². The lowest BCUT2D eigenvalue weighted by atomic mass is 10.0. The van der Waals surface area contributed by atoms with Crippen molar-refractivity contribution in [2.45, 2.75) is 50.1 Å². The third-order valence-corrected chi connectivity index (χ3v) is 9.08. The van der Waals surface area contributed by atoms with Gasteiger partial charge in [0.15, 0.2) is 23.0 Å². The number of hydrogen-bond donors (Lipinski definition) is 2. The zero-order valence-electron chi connectivity index (χ0n) is 23.8. The van der Waals surface area contributed by atoms with E-state index in [1.165, 1.54) is 38.5 Å². The monoisotopic (exact) mass is 619 g/mol. The minimum absolute atomic E-state index is 0.00421. The van der Waals surface area contributed by atoms with Gasteiger partial charge in [-0.05, 0) is 61.6 Å². The highest BCUT2D eigenvalue weighted by Crippen LogP contribution is 2.33. The number of fused-ring (bicyclic) bond motifs is 1. The van der Waals surface area contributed by atoms with Crippen LogP contribution in [0.2, 0.25) is 5.02 Å². The molecule has 1 aromatic heterocycles. The predicted molar refractivity (Wildman–Crippen MR) is 156 cm³/mol. The zero-order chi connectivity index (χ0) is 30.6. The Kier molecular flexibility index (Phi) is 9.80. The molecule has 0 radical (unpaired) electrons. The molecule has 4 rings (SSSR count). The summed E-state index contributed by atoms with van der Waals surface area (Å²) >= 11 is 5.89. The summed E-state index contributed by atoms with van der Waals surface area (Å²) in [7, 11) is -0.936. The maximum atomic E-state index is 13.4. The van der Waals surface area contributed by atoms with Gasteiger partial charge in [-0.2, -0.15) is 4.31 Å². The number of carbonyl (C=O) groups is 3. The van der Waals surface area contributed by atoms with Gasteiger partial charge in [-0.3, -0.25) is 14.4 Å². The molecule has 11 nitrogen and oxygen atoms in total. The Morgan fingerprint density at radius 3 is 2.40 bits per heavy atom. The van der Waals surface area contributed by atoms with Gasteiger partial charge in [0.05, 0.1) is 31.7 Å². The van der Waals surface area contributed by atoms with E-state index >= 15 is 0 Å². The lowest BCUT2D eigenvalue weighted by Gasteiger charge is -2.23. The second-order valence-corrected chi connectivity index (χ2v) is 12.8. The molecule has 2 aromatic carbocycles. The molecule has 0 aliphatic carbocycles. The molecule has 1 saturated heterocycles. The number of amides is 2. The van der Waals surface area contributed by atoms with Crippen LogP contribution in [-0.4, -0.2) is 69.7 Å². The third kappa shape index (κ3) is 7.05. The third-order valence-electron chi connectivity index (χ3n) is 6.96. The summed E-state index contributed by atoms with van der Waals surface area (Å²) < 4.78 is 43.7. The molecule has 3 aromatic rings. The highest BCUT2D eigenvalue weighted by molar-refractivity contribution is 7.89. The van der Waals surface area contributed by atoms with Crippen molar-refractivity contribution in [2.24, 2.45) is 5.92 Å². The number of furan rings is 1. The Hall–Kier alpha value is -3.61. The van der Waals surface area contributed by atoms with E-state index < -0.39 is 39.7 Å². The van der Waals surface area contributed by atoms with E-state index in [1.807, 2.05) is 13.8 Å². The molecule has 2 atom stereocenters. The minimum atomic E-state index is -3.93. The molecule has 1 fully saturated rings. The Morgan fingerprint density at radius 1 is 1.10 bits per heavy atom. The summed E-state index contributed by atoms with van der Waals surface area (Å²) in [5.74, 6) is -0.627. The van der Waals surface area contributed by atoms with Crippen molar-refractivity contribution >= 4 is 50.2 Å². The molecule has 2 amide bonds. The van der Waals surface area contributed by atoms with Crippen LogP contribution in [0.5, 0.6) is 11.5 Å². The molecular formula is C29H34ClN3O8S. The predicted octanol–water partition coefficient (Wildman–Crippen LogP) is 3.79. The minimum Gasteiger partial charge on any atom is -0.493 e. The van der Waals surface area contributed by atoms with Crippen molar-refractivity contribution in [3.63, 3.8) is 0 Å². The first kappa shape index (κ1) is 31.3. The molecule has 0 bridgehead atoms. The van der Waals surface area contributed by atoms with Crippen molar-refractivity contribution in [1.82, 2.24) is 14.9 Å². The molecule has 42 heavy (non-hydrogen) atoms. The second-order valence-electron chi connectivity index (χ2n) is 10.5. The largest absolute Gasteiger partial charge is 0.493 e. The van der Waals surface area contributed by atoms with Crippen LogP contribution >= 0.6 is 11.6 Å². The Balaban J connectivity index is 1.46. The zero-order valence-corrected chi connectivity index (χ0v) is 25.4. The number of benzene rings is 2. The number of sulfonamides is 1. The average molecular weight is 620 g/mol. The molecule has 13 heteroatoms. The molecule has 1 unspecified atom stereocenters. The van der Waals surface area contributed by atoms with E-state index in [2.05, 4.69) is 10.6 Å². The normalized spacial score (nSPS) is 17.1. The Labute approximate surface area is 249 Å². The van der Waals surface area contributed by atoms with Crippen molar-refractivity contribution in [3.05, 3.63) is 53.2 Å². The number of Topliss-reactive ketones (excluding diaryl/α,β-unsaturated/α-hetero) is 1.